The van der Waals surface area contributed by atoms with Crippen LogP contribution in [0.15, 0.2) is 53.1 Å². The van der Waals surface area contributed by atoms with Gasteiger partial charge in [-0.15, -0.1) is 0 Å². The number of carbonyl (C=O) groups is 2. The zero-order valence-corrected chi connectivity index (χ0v) is 20.2. The number of benzene rings is 2. The number of fused-ring (bicyclic) bond motifs is 4. The number of amides is 2. The standard InChI is InChI=1S/C29H33NO4/c1-4-7-19-15-22-27(29(33)30(3)28(22)32)23-16-34-25(26(19)23)13-10-17(2)14-18-11-12-24(31)21-9-6-5-8-20(18)21/h5-6,8-9,11-12,14,22-23,25,27,31H,4,7,10,13,15-16H2,1-3H3/b17-14+/t22-,23+,25-,27-/m1/s1. The highest BCUT2D eigenvalue weighted by atomic mass is 16.5. The molecule has 0 radical (unpaired) electrons. The molecular formula is C29H33NO4. The van der Waals surface area contributed by atoms with Gasteiger partial charge in [-0.2, -0.15) is 0 Å². The number of carbonyl (C=O) groups excluding carboxylic acids is 2. The first kappa shape index (κ1) is 22.9. The summed E-state index contributed by atoms with van der Waals surface area (Å²) >= 11 is 0. The van der Waals surface area contributed by atoms with Gasteiger partial charge in [0.1, 0.15) is 5.75 Å². The van der Waals surface area contributed by atoms with E-state index in [1.165, 1.54) is 21.6 Å². The normalized spacial score (nSPS) is 27.0. The summed E-state index contributed by atoms with van der Waals surface area (Å²) in [6.07, 6.45) is 6.66. The molecule has 2 saturated heterocycles. The van der Waals surface area contributed by atoms with Crippen LogP contribution in [0, 0.1) is 17.8 Å². The second kappa shape index (κ2) is 9.03. The van der Waals surface area contributed by atoms with Crippen molar-refractivity contribution in [1.82, 2.24) is 4.90 Å². The second-order valence-corrected chi connectivity index (χ2v) is 10.1. The topological polar surface area (TPSA) is 66.8 Å². The first-order chi connectivity index (χ1) is 16.4. The van der Waals surface area contributed by atoms with E-state index >= 15 is 0 Å². The zero-order valence-electron chi connectivity index (χ0n) is 20.2. The van der Waals surface area contributed by atoms with Gasteiger partial charge in [-0.3, -0.25) is 14.5 Å². The van der Waals surface area contributed by atoms with Crippen LogP contribution in [-0.4, -0.2) is 41.6 Å². The van der Waals surface area contributed by atoms with Crippen LogP contribution in [0.5, 0.6) is 5.75 Å². The smallest absolute Gasteiger partial charge is 0.233 e. The maximum Gasteiger partial charge on any atom is 0.233 e. The Morgan fingerprint density at radius 3 is 2.65 bits per heavy atom. The lowest BCUT2D eigenvalue weighted by Gasteiger charge is -2.32. The Balaban J connectivity index is 1.37. The van der Waals surface area contributed by atoms with Crippen LogP contribution in [0.1, 0.15) is 51.5 Å². The van der Waals surface area contributed by atoms with Gasteiger partial charge < -0.3 is 9.84 Å². The summed E-state index contributed by atoms with van der Waals surface area (Å²) in [5, 5.41) is 12.1. The lowest BCUT2D eigenvalue weighted by Crippen LogP contribution is -2.34. The minimum absolute atomic E-state index is 0.0150. The molecule has 0 unspecified atom stereocenters. The second-order valence-electron chi connectivity index (χ2n) is 10.1. The molecule has 2 heterocycles. The van der Waals surface area contributed by atoms with Gasteiger partial charge in [0.15, 0.2) is 0 Å². The number of phenolic OH excluding ortho intramolecular Hbond substituents is 1. The Morgan fingerprint density at radius 2 is 1.88 bits per heavy atom. The number of phenols is 1. The van der Waals surface area contributed by atoms with Crippen molar-refractivity contribution >= 4 is 28.7 Å². The van der Waals surface area contributed by atoms with Crippen molar-refractivity contribution in [3.63, 3.8) is 0 Å². The molecule has 2 aromatic carbocycles. The van der Waals surface area contributed by atoms with Crippen LogP contribution in [0.2, 0.25) is 0 Å². The number of hydrogen-bond donors (Lipinski definition) is 1. The van der Waals surface area contributed by atoms with Gasteiger partial charge in [-0.1, -0.05) is 60.9 Å². The number of aromatic hydroxyl groups is 1. The molecule has 34 heavy (non-hydrogen) atoms. The van der Waals surface area contributed by atoms with Crippen LogP contribution in [0.25, 0.3) is 16.8 Å². The number of imide groups is 1. The molecule has 0 saturated carbocycles. The Hall–Kier alpha value is -2.92. The molecule has 178 valence electrons. The number of nitrogens with zero attached hydrogens (tertiary/aromatic N) is 1. The van der Waals surface area contributed by atoms with Gasteiger partial charge in [-0.05, 0) is 55.2 Å². The molecule has 5 rings (SSSR count). The lowest BCUT2D eigenvalue weighted by molar-refractivity contribution is -0.138. The van der Waals surface area contributed by atoms with Crippen LogP contribution in [-0.2, 0) is 14.3 Å². The highest BCUT2D eigenvalue weighted by Gasteiger charge is 2.55. The minimum atomic E-state index is -0.252. The third-order valence-corrected chi connectivity index (χ3v) is 7.92. The predicted molar refractivity (Wildman–Crippen MR) is 133 cm³/mol. The molecule has 2 fully saturated rings. The lowest BCUT2D eigenvalue weighted by atomic mass is 9.68. The summed E-state index contributed by atoms with van der Waals surface area (Å²) in [7, 11) is 1.62. The molecule has 1 aliphatic carbocycles. The van der Waals surface area contributed by atoms with Crippen molar-refractivity contribution in [1.29, 1.82) is 0 Å². The maximum atomic E-state index is 12.9. The van der Waals surface area contributed by atoms with Crippen LogP contribution in [0.4, 0.5) is 0 Å². The fourth-order valence-electron chi connectivity index (χ4n) is 6.30. The van der Waals surface area contributed by atoms with Crippen molar-refractivity contribution in [2.24, 2.45) is 17.8 Å². The van der Waals surface area contributed by atoms with Gasteiger partial charge in [-0.25, -0.2) is 0 Å². The number of likely N-dealkylation sites (tertiary alicyclic amines) is 1. The number of rotatable bonds is 6. The van der Waals surface area contributed by atoms with Gasteiger partial charge >= 0.3 is 0 Å². The van der Waals surface area contributed by atoms with Crippen LogP contribution in [0.3, 0.4) is 0 Å². The molecule has 0 aromatic heterocycles. The summed E-state index contributed by atoms with van der Waals surface area (Å²) < 4.78 is 6.29. The maximum absolute atomic E-state index is 12.9. The summed E-state index contributed by atoms with van der Waals surface area (Å²) in [6.45, 7) is 4.84. The van der Waals surface area contributed by atoms with Crippen LogP contribution >= 0.6 is 0 Å². The van der Waals surface area contributed by atoms with Crippen molar-refractivity contribution in [3.8, 4) is 5.75 Å². The third-order valence-electron chi connectivity index (χ3n) is 7.92. The summed E-state index contributed by atoms with van der Waals surface area (Å²) in [6, 6.07) is 11.6. The van der Waals surface area contributed by atoms with Gasteiger partial charge in [0.25, 0.3) is 0 Å². The van der Waals surface area contributed by atoms with Crippen molar-refractivity contribution in [2.75, 3.05) is 13.7 Å². The molecule has 2 aromatic rings. The Labute approximate surface area is 201 Å². The highest BCUT2D eigenvalue weighted by Crippen LogP contribution is 2.50. The molecule has 3 aliphatic rings. The monoisotopic (exact) mass is 459 g/mol. The molecule has 0 bridgehead atoms. The molecule has 1 N–H and O–H groups in total. The molecule has 2 amide bonds. The predicted octanol–water partition coefficient (Wildman–Crippen LogP) is 5.48. The average Bonchev–Trinajstić information content (AvgIpc) is 3.35. The van der Waals surface area contributed by atoms with E-state index in [-0.39, 0.29) is 35.7 Å². The van der Waals surface area contributed by atoms with Gasteiger partial charge in [0.05, 0.1) is 24.5 Å². The van der Waals surface area contributed by atoms with Gasteiger partial charge in [0.2, 0.25) is 11.8 Å². The number of allylic oxidation sites excluding steroid dienone is 2. The minimum Gasteiger partial charge on any atom is -0.507 e. The molecule has 5 heteroatoms. The van der Waals surface area contributed by atoms with E-state index in [1.807, 2.05) is 30.3 Å². The highest BCUT2D eigenvalue weighted by molar-refractivity contribution is 6.05. The van der Waals surface area contributed by atoms with E-state index in [9.17, 15) is 14.7 Å². The van der Waals surface area contributed by atoms with E-state index in [4.69, 9.17) is 4.74 Å². The van der Waals surface area contributed by atoms with Crippen molar-refractivity contribution < 1.29 is 19.4 Å². The van der Waals surface area contributed by atoms with Crippen molar-refractivity contribution in [3.05, 3.63) is 58.7 Å². The summed E-state index contributed by atoms with van der Waals surface area (Å²) in [5.74, 6) is -0.180. The van der Waals surface area contributed by atoms with E-state index in [0.717, 1.165) is 42.0 Å². The Morgan fingerprint density at radius 1 is 1.12 bits per heavy atom. The van der Waals surface area contributed by atoms with E-state index < -0.39 is 0 Å². The Kier molecular flexibility index (Phi) is 6.07. The number of hydrogen-bond acceptors (Lipinski definition) is 4. The van der Waals surface area contributed by atoms with E-state index in [0.29, 0.717) is 18.8 Å². The van der Waals surface area contributed by atoms with Crippen molar-refractivity contribution in [2.45, 2.75) is 52.1 Å². The first-order valence-electron chi connectivity index (χ1n) is 12.4. The zero-order chi connectivity index (χ0) is 24.0. The van der Waals surface area contributed by atoms with Gasteiger partial charge in [0, 0.05) is 18.4 Å². The van der Waals surface area contributed by atoms with E-state index in [1.54, 1.807) is 13.1 Å². The largest absolute Gasteiger partial charge is 0.507 e. The summed E-state index contributed by atoms with van der Waals surface area (Å²) in [4.78, 5) is 26.9. The summed E-state index contributed by atoms with van der Waals surface area (Å²) in [5.41, 5.74) is 5.00. The number of ether oxygens (including phenoxy) is 1. The fourth-order valence-corrected chi connectivity index (χ4v) is 6.30. The molecule has 0 spiro atoms. The SMILES string of the molecule is CCCC1=C2[C@@H](CC/C(C)=C/c3ccc(O)c4ccccc34)OC[C@@H]2[C@@H]2C(=O)N(C)C(=O)[C@@H]2C1. The Bertz CT molecular complexity index is 1210. The average molecular weight is 460 g/mol. The molecule has 4 atom stereocenters. The third kappa shape index (κ3) is 3.76. The fraction of sp³-hybridized carbons (Fsp3) is 0.448. The van der Waals surface area contributed by atoms with Crippen LogP contribution < -0.4 is 0 Å². The molecule has 2 aliphatic heterocycles. The molecular weight excluding hydrogens is 426 g/mol. The first-order valence-corrected chi connectivity index (χ1v) is 12.4. The molecule has 5 nitrogen and oxygen atoms in total. The quantitative estimate of drug-likeness (QED) is 0.459. The van der Waals surface area contributed by atoms with E-state index in [2.05, 4.69) is 19.9 Å².